The van der Waals surface area contributed by atoms with E-state index in [0.717, 1.165) is 28.1 Å². The van der Waals surface area contributed by atoms with Crippen LogP contribution in [0, 0.1) is 6.92 Å². The predicted molar refractivity (Wildman–Crippen MR) is 97.8 cm³/mol. The number of para-hydroxylation sites is 1. The molecule has 1 N–H and O–H groups in total. The quantitative estimate of drug-likeness (QED) is 0.874. The zero-order valence-electron chi connectivity index (χ0n) is 14.1. The second-order valence-electron chi connectivity index (χ2n) is 5.65. The standard InChI is InChI=1S/C18H22N2O3S/c1-4-15-9-11-16(12-10-15)20(24(3,22)23)13-18(21)19-17-8-6-5-7-14(17)2/h5-12H,4,13H2,1-3H3,(H,19,21). The van der Waals surface area contributed by atoms with Crippen molar-refractivity contribution in [3.05, 3.63) is 59.7 Å². The predicted octanol–water partition coefficient (Wildman–Crippen LogP) is 2.96. The van der Waals surface area contributed by atoms with E-state index in [0.29, 0.717) is 11.4 Å². The molecule has 2 rings (SSSR count). The average Bonchev–Trinajstić information content (AvgIpc) is 2.54. The number of hydrogen-bond donors (Lipinski definition) is 1. The Morgan fingerprint density at radius 3 is 2.25 bits per heavy atom. The molecule has 0 aromatic heterocycles. The van der Waals surface area contributed by atoms with Crippen LogP contribution in [0.1, 0.15) is 18.1 Å². The van der Waals surface area contributed by atoms with Crippen LogP contribution >= 0.6 is 0 Å². The normalized spacial score (nSPS) is 11.1. The van der Waals surface area contributed by atoms with Crippen LogP contribution in [0.25, 0.3) is 0 Å². The first-order valence-corrected chi connectivity index (χ1v) is 9.58. The van der Waals surface area contributed by atoms with Crippen LogP contribution in [0.4, 0.5) is 11.4 Å². The van der Waals surface area contributed by atoms with E-state index in [-0.39, 0.29) is 12.5 Å². The molecule has 2 aromatic carbocycles. The van der Waals surface area contributed by atoms with Crippen molar-refractivity contribution in [3.8, 4) is 0 Å². The van der Waals surface area contributed by atoms with Crippen molar-refractivity contribution in [2.75, 3.05) is 22.4 Å². The van der Waals surface area contributed by atoms with Crippen molar-refractivity contribution in [2.45, 2.75) is 20.3 Å². The highest BCUT2D eigenvalue weighted by Crippen LogP contribution is 2.19. The van der Waals surface area contributed by atoms with Gasteiger partial charge in [0.05, 0.1) is 11.9 Å². The van der Waals surface area contributed by atoms with E-state index in [1.54, 1.807) is 18.2 Å². The van der Waals surface area contributed by atoms with Crippen molar-refractivity contribution in [3.63, 3.8) is 0 Å². The third-order valence-electron chi connectivity index (χ3n) is 3.74. The minimum Gasteiger partial charge on any atom is -0.324 e. The fraction of sp³-hybridized carbons (Fsp3) is 0.278. The third kappa shape index (κ3) is 4.58. The van der Waals surface area contributed by atoms with E-state index in [4.69, 9.17) is 0 Å². The number of benzene rings is 2. The zero-order valence-corrected chi connectivity index (χ0v) is 14.9. The minimum atomic E-state index is -3.56. The van der Waals surface area contributed by atoms with Gasteiger partial charge < -0.3 is 5.32 Å². The maximum absolute atomic E-state index is 12.3. The molecular weight excluding hydrogens is 324 g/mol. The summed E-state index contributed by atoms with van der Waals surface area (Å²) in [4.78, 5) is 12.3. The van der Waals surface area contributed by atoms with E-state index in [9.17, 15) is 13.2 Å². The second kappa shape index (κ2) is 7.49. The molecule has 0 saturated heterocycles. The van der Waals surface area contributed by atoms with Crippen LogP contribution in [-0.4, -0.2) is 27.1 Å². The molecular formula is C18H22N2O3S. The molecule has 24 heavy (non-hydrogen) atoms. The van der Waals surface area contributed by atoms with E-state index in [2.05, 4.69) is 5.32 Å². The molecule has 0 atom stereocenters. The second-order valence-corrected chi connectivity index (χ2v) is 7.56. The Morgan fingerprint density at radius 2 is 1.71 bits per heavy atom. The summed E-state index contributed by atoms with van der Waals surface area (Å²) in [5.74, 6) is -0.380. The van der Waals surface area contributed by atoms with Gasteiger partial charge in [-0.25, -0.2) is 8.42 Å². The number of hydrogen-bond acceptors (Lipinski definition) is 3. The maximum Gasteiger partial charge on any atom is 0.245 e. The summed E-state index contributed by atoms with van der Waals surface area (Å²) >= 11 is 0. The summed E-state index contributed by atoms with van der Waals surface area (Å²) in [5, 5.41) is 2.76. The van der Waals surface area contributed by atoms with Crippen LogP contribution in [0.5, 0.6) is 0 Å². The Balaban J connectivity index is 2.20. The number of nitrogens with zero attached hydrogens (tertiary/aromatic N) is 1. The number of anilines is 2. The number of amides is 1. The van der Waals surface area contributed by atoms with Crippen LogP contribution in [0.15, 0.2) is 48.5 Å². The van der Waals surface area contributed by atoms with Gasteiger partial charge in [-0.15, -0.1) is 0 Å². The third-order valence-corrected chi connectivity index (χ3v) is 4.88. The molecule has 5 nitrogen and oxygen atoms in total. The number of nitrogens with one attached hydrogen (secondary N) is 1. The van der Waals surface area contributed by atoms with Gasteiger partial charge in [0.2, 0.25) is 15.9 Å². The summed E-state index contributed by atoms with van der Waals surface area (Å²) < 4.78 is 25.3. The Morgan fingerprint density at radius 1 is 1.08 bits per heavy atom. The van der Waals surface area contributed by atoms with Crippen molar-refractivity contribution in [1.82, 2.24) is 0 Å². The molecule has 0 radical (unpaired) electrons. The topological polar surface area (TPSA) is 66.5 Å². The minimum absolute atomic E-state index is 0.265. The van der Waals surface area contributed by atoms with Gasteiger partial charge >= 0.3 is 0 Å². The maximum atomic E-state index is 12.3. The summed E-state index contributed by atoms with van der Waals surface area (Å²) in [6.45, 7) is 3.64. The van der Waals surface area contributed by atoms with Crippen LogP contribution in [0.3, 0.4) is 0 Å². The van der Waals surface area contributed by atoms with E-state index in [1.165, 1.54) is 0 Å². The van der Waals surface area contributed by atoms with Gasteiger partial charge in [-0.05, 0) is 42.7 Å². The lowest BCUT2D eigenvalue weighted by atomic mass is 10.1. The molecule has 1 amide bonds. The van der Waals surface area contributed by atoms with Crippen molar-refractivity contribution in [2.24, 2.45) is 0 Å². The molecule has 0 saturated carbocycles. The van der Waals surface area contributed by atoms with Gasteiger partial charge in [-0.2, -0.15) is 0 Å². The summed E-state index contributed by atoms with van der Waals surface area (Å²) in [5.41, 5.74) is 3.19. The molecule has 6 heteroatoms. The molecule has 0 spiro atoms. The number of aryl methyl sites for hydroxylation is 2. The van der Waals surface area contributed by atoms with Crippen LogP contribution in [-0.2, 0) is 21.2 Å². The highest BCUT2D eigenvalue weighted by molar-refractivity contribution is 7.92. The lowest BCUT2D eigenvalue weighted by molar-refractivity contribution is -0.114. The average molecular weight is 346 g/mol. The number of rotatable bonds is 6. The molecule has 0 aliphatic carbocycles. The smallest absolute Gasteiger partial charge is 0.245 e. The van der Waals surface area contributed by atoms with Gasteiger partial charge in [0.15, 0.2) is 0 Å². The lowest BCUT2D eigenvalue weighted by Gasteiger charge is -2.22. The molecule has 0 heterocycles. The Bertz CT molecular complexity index is 814. The monoisotopic (exact) mass is 346 g/mol. The summed E-state index contributed by atoms with van der Waals surface area (Å²) in [7, 11) is -3.56. The lowest BCUT2D eigenvalue weighted by Crippen LogP contribution is -2.37. The molecule has 0 unspecified atom stereocenters. The molecule has 0 aliphatic heterocycles. The van der Waals surface area contributed by atoms with E-state index >= 15 is 0 Å². The zero-order chi connectivity index (χ0) is 17.7. The van der Waals surface area contributed by atoms with Gasteiger partial charge in [-0.1, -0.05) is 37.3 Å². The van der Waals surface area contributed by atoms with Crippen molar-refractivity contribution < 1.29 is 13.2 Å². The molecule has 0 fully saturated rings. The molecule has 0 aliphatic rings. The van der Waals surface area contributed by atoms with Gasteiger partial charge in [-0.3, -0.25) is 9.10 Å². The fourth-order valence-corrected chi connectivity index (χ4v) is 3.19. The Kier molecular flexibility index (Phi) is 5.62. The number of sulfonamides is 1. The first kappa shape index (κ1) is 18.0. The summed E-state index contributed by atoms with van der Waals surface area (Å²) in [6.07, 6.45) is 1.97. The SMILES string of the molecule is CCc1ccc(N(CC(=O)Nc2ccccc2C)S(C)(=O)=O)cc1. The van der Waals surface area contributed by atoms with Crippen molar-refractivity contribution >= 4 is 27.3 Å². The highest BCUT2D eigenvalue weighted by Gasteiger charge is 2.21. The molecule has 0 bridgehead atoms. The van der Waals surface area contributed by atoms with E-state index in [1.807, 2.05) is 44.2 Å². The Hall–Kier alpha value is -2.34. The van der Waals surface area contributed by atoms with Gasteiger partial charge in [0.25, 0.3) is 0 Å². The largest absolute Gasteiger partial charge is 0.324 e. The van der Waals surface area contributed by atoms with Gasteiger partial charge in [0.1, 0.15) is 6.54 Å². The first-order chi connectivity index (χ1) is 11.3. The van der Waals surface area contributed by atoms with Crippen LogP contribution in [0.2, 0.25) is 0 Å². The number of carbonyl (C=O) groups is 1. The molecule has 2 aromatic rings. The summed E-state index contributed by atoms with van der Waals surface area (Å²) in [6, 6.07) is 14.5. The fourth-order valence-electron chi connectivity index (χ4n) is 2.33. The Labute approximate surface area is 143 Å². The van der Waals surface area contributed by atoms with Crippen molar-refractivity contribution in [1.29, 1.82) is 0 Å². The van der Waals surface area contributed by atoms with E-state index < -0.39 is 10.0 Å². The van der Waals surface area contributed by atoms with Gasteiger partial charge in [0, 0.05) is 5.69 Å². The van der Waals surface area contributed by atoms with Crippen LogP contribution < -0.4 is 9.62 Å². The number of carbonyl (C=O) groups excluding carboxylic acids is 1. The highest BCUT2D eigenvalue weighted by atomic mass is 32.2. The first-order valence-electron chi connectivity index (χ1n) is 7.73. The molecule has 128 valence electrons.